The minimum atomic E-state index is -0.393. The molecule has 2 atom stereocenters. The van der Waals surface area contributed by atoms with E-state index in [-0.39, 0.29) is 30.3 Å². The Morgan fingerprint density at radius 2 is 2.09 bits per heavy atom. The number of rotatable bonds is 5. The van der Waals surface area contributed by atoms with Crippen molar-refractivity contribution >= 4 is 18.3 Å². The standard InChI is InChI=1S/C18H28N2O2.ClH/c1-13(2)22-16-10-5-4-8-14(16)12-20-17(21)15-9-6-7-11-18(15,3)19;/h4-5,8,10,13,15H,6-7,9,11-12,19H2,1-3H3,(H,20,21);1H. The fourth-order valence-electron chi connectivity index (χ4n) is 3.11. The Balaban J connectivity index is 0.00000264. The van der Waals surface area contributed by atoms with Crippen molar-refractivity contribution in [2.24, 2.45) is 11.7 Å². The molecule has 2 rings (SSSR count). The van der Waals surface area contributed by atoms with Gasteiger partial charge >= 0.3 is 0 Å². The predicted molar refractivity (Wildman–Crippen MR) is 95.9 cm³/mol. The zero-order valence-electron chi connectivity index (χ0n) is 14.3. The second kappa shape index (κ2) is 8.55. The lowest BCUT2D eigenvalue weighted by molar-refractivity contribution is -0.128. The number of hydrogen-bond acceptors (Lipinski definition) is 3. The van der Waals surface area contributed by atoms with Crippen molar-refractivity contribution in [1.29, 1.82) is 0 Å². The summed E-state index contributed by atoms with van der Waals surface area (Å²) in [7, 11) is 0. The highest BCUT2D eigenvalue weighted by molar-refractivity contribution is 5.85. The molecule has 1 aliphatic rings. The average Bonchev–Trinajstić information content (AvgIpc) is 2.45. The van der Waals surface area contributed by atoms with Gasteiger partial charge in [0.1, 0.15) is 5.75 Å². The Morgan fingerprint density at radius 1 is 1.39 bits per heavy atom. The lowest BCUT2D eigenvalue weighted by Gasteiger charge is -2.37. The van der Waals surface area contributed by atoms with Crippen LogP contribution in [-0.2, 0) is 11.3 Å². The Kier molecular flexibility index (Phi) is 7.36. The van der Waals surface area contributed by atoms with Crippen LogP contribution in [0.4, 0.5) is 0 Å². The van der Waals surface area contributed by atoms with Crippen LogP contribution in [0.3, 0.4) is 0 Å². The van der Waals surface area contributed by atoms with Crippen molar-refractivity contribution in [2.75, 3.05) is 0 Å². The molecule has 0 heterocycles. The van der Waals surface area contributed by atoms with Crippen molar-refractivity contribution < 1.29 is 9.53 Å². The summed E-state index contributed by atoms with van der Waals surface area (Å²) in [5, 5.41) is 3.04. The third kappa shape index (κ3) is 5.40. The van der Waals surface area contributed by atoms with Crippen LogP contribution in [0.5, 0.6) is 5.75 Å². The monoisotopic (exact) mass is 340 g/mol. The summed E-state index contributed by atoms with van der Waals surface area (Å²) in [4.78, 5) is 12.5. The Bertz CT molecular complexity index is 517. The van der Waals surface area contributed by atoms with Crippen LogP contribution >= 0.6 is 12.4 Å². The van der Waals surface area contributed by atoms with E-state index in [1.165, 1.54) is 0 Å². The molecule has 1 fully saturated rings. The molecule has 1 saturated carbocycles. The molecule has 0 aromatic heterocycles. The number of para-hydroxylation sites is 1. The number of benzene rings is 1. The molecule has 23 heavy (non-hydrogen) atoms. The number of nitrogens with two attached hydrogens (primary N) is 1. The smallest absolute Gasteiger partial charge is 0.225 e. The lowest BCUT2D eigenvalue weighted by atomic mass is 9.74. The predicted octanol–water partition coefficient (Wildman–Crippen LogP) is 3.42. The van der Waals surface area contributed by atoms with Crippen molar-refractivity contribution in [3.8, 4) is 5.75 Å². The van der Waals surface area contributed by atoms with Crippen LogP contribution in [-0.4, -0.2) is 17.6 Å². The molecule has 0 radical (unpaired) electrons. The molecule has 1 amide bonds. The van der Waals surface area contributed by atoms with Gasteiger partial charge in [0.2, 0.25) is 5.91 Å². The van der Waals surface area contributed by atoms with Gasteiger partial charge in [-0.25, -0.2) is 0 Å². The van der Waals surface area contributed by atoms with E-state index in [1.807, 2.05) is 45.0 Å². The number of halogens is 1. The van der Waals surface area contributed by atoms with Gasteiger partial charge in [0.25, 0.3) is 0 Å². The molecule has 0 saturated heterocycles. The van der Waals surface area contributed by atoms with E-state index < -0.39 is 5.54 Å². The van der Waals surface area contributed by atoms with Crippen LogP contribution in [0, 0.1) is 5.92 Å². The number of nitrogens with one attached hydrogen (secondary N) is 1. The number of hydrogen-bond donors (Lipinski definition) is 2. The van der Waals surface area contributed by atoms with Gasteiger partial charge in [-0.1, -0.05) is 31.0 Å². The van der Waals surface area contributed by atoms with E-state index in [1.54, 1.807) is 0 Å². The molecule has 130 valence electrons. The maximum Gasteiger partial charge on any atom is 0.225 e. The fourth-order valence-corrected chi connectivity index (χ4v) is 3.11. The minimum Gasteiger partial charge on any atom is -0.491 e. The van der Waals surface area contributed by atoms with E-state index in [4.69, 9.17) is 10.5 Å². The van der Waals surface area contributed by atoms with Gasteiger partial charge in [0.05, 0.1) is 12.0 Å². The maximum absolute atomic E-state index is 12.5. The quantitative estimate of drug-likeness (QED) is 0.863. The van der Waals surface area contributed by atoms with Crippen molar-refractivity contribution in [3.63, 3.8) is 0 Å². The van der Waals surface area contributed by atoms with Crippen molar-refractivity contribution in [2.45, 2.75) is 64.6 Å². The molecule has 1 aliphatic carbocycles. The van der Waals surface area contributed by atoms with E-state index in [0.29, 0.717) is 6.54 Å². The SMILES string of the molecule is CC(C)Oc1ccccc1CNC(=O)C1CCCCC1(C)N.Cl. The molecule has 4 nitrogen and oxygen atoms in total. The van der Waals surface area contributed by atoms with Gasteiger partial charge in [-0.15, -0.1) is 12.4 Å². The van der Waals surface area contributed by atoms with Crippen LogP contribution in [0.2, 0.25) is 0 Å². The van der Waals surface area contributed by atoms with Gasteiger partial charge in [-0.2, -0.15) is 0 Å². The van der Waals surface area contributed by atoms with Crippen LogP contribution in [0.15, 0.2) is 24.3 Å². The van der Waals surface area contributed by atoms with Gasteiger partial charge in [-0.3, -0.25) is 4.79 Å². The van der Waals surface area contributed by atoms with Crippen LogP contribution in [0.1, 0.15) is 52.0 Å². The van der Waals surface area contributed by atoms with Crippen LogP contribution < -0.4 is 15.8 Å². The topological polar surface area (TPSA) is 64.3 Å². The highest BCUT2D eigenvalue weighted by atomic mass is 35.5. The van der Waals surface area contributed by atoms with Crippen molar-refractivity contribution in [3.05, 3.63) is 29.8 Å². The van der Waals surface area contributed by atoms with Gasteiger partial charge in [0.15, 0.2) is 0 Å². The van der Waals surface area contributed by atoms with Crippen molar-refractivity contribution in [1.82, 2.24) is 5.32 Å². The number of ether oxygens (including phenoxy) is 1. The van der Waals surface area contributed by atoms with E-state index in [0.717, 1.165) is 37.0 Å². The first kappa shape index (κ1) is 19.8. The Hall–Kier alpha value is -1.26. The summed E-state index contributed by atoms with van der Waals surface area (Å²) in [6, 6.07) is 7.83. The first-order chi connectivity index (χ1) is 10.4. The summed E-state index contributed by atoms with van der Waals surface area (Å²) in [5.74, 6) is 0.792. The van der Waals surface area contributed by atoms with Gasteiger partial charge < -0.3 is 15.8 Å². The average molecular weight is 341 g/mol. The second-order valence-electron chi connectivity index (χ2n) is 6.80. The third-order valence-electron chi connectivity index (χ3n) is 4.36. The van der Waals surface area contributed by atoms with Crippen LogP contribution in [0.25, 0.3) is 0 Å². The molecule has 1 aromatic carbocycles. The van der Waals surface area contributed by atoms with E-state index in [2.05, 4.69) is 5.32 Å². The molecule has 0 aliphatic heterocycles. The molecular weight excluding hydrogens is 312 g/mol. The van der Waals surface area contributed by atoms with Gasteiger partial charge in [0, 0.05) is 17.6 Å². The molecule has 0 bridgehead atoms. The second-order valence-corrected chi connectivity index (χ2v) is 6.80. The highest BCUT2D eigenvalue weighted by Crippen LogP contribution is 2.31. The zero-order chi connectivity index (χ0) is 16.2. The molecule has 5 heteroatoms. The summed E-state index contributed by atoms with van der Waals surface area (Å²) in [6.45, 7) is 6.47. The first-order valence-electron chi connectivity index (χ1n) is 8.21. The maximum atomic E-state index is 12.5. The Labute approximate surface area is 145 Å². The molecule has 1 aromatic rings. The summed E-state index contributed by atoms with van der Waals surface area (Å²) in [5.41, 5.74) is 6.91. The highest BCUT2D eigenvalue weighted by Gasteiger charge is 2.37. The molecular formula is C18H29ClN2O2. The fraction of sp³-hybridized carbons (Fsp3) is 0.611. The number of carbonyl (C=O) groups is 1. The van der Waals surface area contributed by atoms with E-state index >= 15 is 0 Å². The zero-order valence-corrected chi connectivity index (χ0v) is 15.1. The molecule has 3 N–H and O–H groups in total. The molecule has 2 unspecified atom stereocenters. The summed E-state index contributed by atoms with van der Waals surface area (Å²) < 4.78 is 5.79. The largest absolute Gasteiger partial charge is 0.491 e. The summed E-state index contributed by atoms with van der Waals surface area (Å²) in [6.07, 6.45) is 4.10. The Morgan fingerprint density at radius 3 is 2.74 bits per heavy atom. The number of carbonyl (C=O) groups excluding carboxylic acids is 1. The number of amides is 1. The normalized spacial score (nSPS) is 24.0. The lowest BCUT2D eigenvalue weighted by Crippen LogP contribution is -2.52. The summed E-state index contributed by atoms with van der Waals surface area (Å²) >= 11 is 0. The third-order valence-corrected chi connectivity index (χ3v) is 4.36. The minimum absolute atomic E-state index is 0. The van der Waals surface area contributed by atoms with Gasteiger partial charge in [-0.05, 0) is 39.7 Å². The first-order valence-corrected chi connectivity index (χ1v) is 8.21. The molecule has 0 spiro atoms. The van der Waals surface area contributed by atoms with E-state index in [9.17, 15) is 4.79 Å².